The minimum atomic E-state index is -0.0499. The van der Waals surface area contributed by atoms with Crippen LogP contribution < -0.4 is 5.73 Å². The second-order valence-electron chi connectivity index (χ2n) is 3.42. The van der Waals surface area contributed by atoms with Crippen molar-refractivity contribution in [2.45, 2.75) is 19.9 Å². The molecular weight excluding hydrogens is 194 g/mol. The molecule has 2 rings (SSSR count). The Kier molecular flexibility index (Phi) is 2.44. The molecule has 2 nitrogen and oxygen atoms in total. The quantitative estimate of drug-likeness (QED) is 0.822. The van der Waals surface area contributed by atoms with Crippen molar-refractivity contribution < 1.29 is 4.42 Å². The molecule has 0 saturated heterocycles. The maximum atomic E-state index is 6.09. The van der Waals surface area contributed by atoms with Gasteiger partial charge in [0.2, 0.25) is 0 Å². The van der Waals surface area contributed by atoms with Gasteiger partial charge in [-0.2, -0.15) is 0 Å². The molecule has 0 aromatic carbocycles. The van der Waals surface area contributed by atoms with E-state index in [0.717, 1.165) is 5.56 Å². The fraction of sp³-hybridized carbons (Fsp3) is 0.273. The molecule has 2 aromatic rings. The molecule has 0 fully saturated rings. The Balaban J connectivity index is 2.32. The predicted molar refractivity (Wildman–Crippen MR) is 58.5 cm³/mol. The van der Waals surface area contributed by atoms with Gasteiger partial charge in [-0.15, -0.1) is 11.3 Å². The van der Waals surface area contributed by atoms with Crippen LogP contribution in [0, 0.1) is 13.8 Å². The molecule has 1 unspecified atom stereocenters. The van der Waals surface area contributed by atoms with Crippen LogP contribution >= 0.6 is 11.3 Å². The average Bonchev–Trinajstić information content (AvgIpc) is 2.76. The molecule has 2 heterocycles. The van der Waals surface area contributed by atoms with E-state index >= 15 is 0 Å². The first-order chi connectivity index (χ1) is 6.68. The second-order valence-corrected chi connectivity index (χ2v) is 4.71. The van der Waals surface area contributed by atoms with Crippen LogP contribution in [0.2, 0.25) is 0 Å². The van der Waals surface area contributed by atoms with Gasteiger partial charge in [0.15, 0.2) is 0 Å². The molecule has 0 aliphatic carbocycles. The van der Waals surface area contributed by atoms with Crippen molar-refractivity contribution in [1.29, 1.82) is 0 Å². The number of nitrogens with two attached hydrogens (primary N) is 1. The van der Waals surface area contributed by atoms with Crippen LogP contribution in [-0.4, -0.2) is 0 Å². The summed E-state index contributed by atoms with van der Waals surface area (Å²) in [6.07, 6.45) is 3.36. The third-order valence-electron chi connectivity index (χ3n) is 2.39. The van der Waals surface area contributed by atoms with Crippen molar-refractivity contribution in [2.75, 3.05) is 0 Å². The minimum Gasteiger partial charge on any atom is -0.472 e. The summed E-state index contributed by atoms with van der Waals surface area (Å²) in [4.78, 5) is 2.53. The summed E-state index contributed by atoms with van der Waals surface area (Å²) in [5.41, 5.74) is 8.44. The molecular formula is C11H13NOS. The van der Waals surface area contributed by atoms with Crippen LogP contribution in [0.4, 0.5) is 0 Å². The van der Waals surface area contributed by atoms with Gasteiger partial charge in [0.1, 0.15) is 0 Å². The van der Waals surface area contributed by atoms with Crippen molar-refractivity contribution in [2.24, 2.45) is 5.73 Å². The molecule has 0 amide bonds. The maximum absolute atomic E-state index is 6.09. The lowest BCUT2D eigenvalue weighted by Crippen LogP contribution is -2.08. The standard InChI is InChI=1S/C11H13NOS/c1-7-5-10(14-8(7)2)11(12)9-3-4-13-6-9/h3-6,11H,12H2,1-2H3. The fourth-order valence-electron chi connectivity index (χ4n) is 1.37. The first-order valence-corrected chi connectivity index (χ1v) is 5.34. The Labute approximate surface area is 87.4 Å². The Morgan fingerprint density at radius 3 is 2.71 bits per heavy atom. The van der Waals surface area contributed by atoms with E-state index in [1.54, 1.807) is 23.9 Å². The summed E-state index contributed by atoms with van der Waals surface area (Å²) < 4.78 is 5.02. The zero-order chi connectivity index (χ0) is 10.1. The van der Waals surface area contributed by atoms with Gasteiger partial charge >= 0.3 is 0 Å². The van der Waals surface area contributed by atoms with Gasteiger partial charge in [-0.25, -0.2) is 0 Å². The maximum Gasteiger partial charge on any atom is 0.0954 e. The van der Waals surface area contributed by atoms with E-state index in [0.29, 0.717) is 0 Å². The number of thiophene rings is 1. The van der Waals surface area contributed by atoms with Crippen molar-refractivity contribution in [3.63, 3.8) is 0 Å². The first kappa shape index (κ1) is 9.49. The summed E-state index contributed by atoms with van der Waals surface area (Å²) >= 11 is 1.75. The Morgan fingerprint density at radius 2 is 2.21 bits per heavy atom. The molecule has 0 spiro atoms. The highest BCUT2D eigenvalue weighted by molar-refractivity contribution is 7.12. The van der Waals surface area contributed by atoms with Gasteiger partial charge in [-0.05, 0) is 31.5 Å². The average molecular weight is 207 g/mol. The van der Waals surface area contributed by atoms with Crippen LogP contribution in [0.25, 0.3) is 0 Å². The smallest absolute Gasteiger partial charge is 0.0954 e. The normalized spacial score (nSPS) is 13.1. The Bertz CT molecular complexity index is 397. The largest absolute Gasteiger partial charge is 0.472 e. The zero-order valence-corrected chi connectivity index (χ0v) is 9.10. The molecule has 0 bridgehead atoms. The summed E-state index contributed by atoms with van der Waals surface area (Å²) in [6.45, 7) is 4.23. The van der Waals surface area contributed by atoms with Crippen molar-refractivity contribution in [3.05, 3.63) is 45.5 Å². The van der Waals surface area contributed by atoms with E-state index in [9.17, 15) is 0 Å². The molecule has 0 aliphatic rings. The lowest BCUT2D eigenvalue weighted by atomic mass is 10.1. The number of furan rings is 1. The van der Waals surface area contributed by atoms with Crippen molar-refractivity contribution in [3.8, 4) is 0 Å². The van der Waals surface area contributed by atoms with Crippen LogP contribution in [0.5, 0.6) is 0 Å². The number of hydrogen-bond donors (Lipinski definition) is 1. The minimum absolute atomic E-state index is 0.0499. The summed E-state index contributed by atoms with van der Waals surface area (Å²) in [5.74, 6) is 0. The summed E-state index contributed by atoms with van der Waals surface area (Å²) in [7, 11) is 0. The van der Waals surface area contributed by atoms with E-state index in [4.69, 9.17) is 10.2 Å². The summed E-state index contributed by atoms with van der Waals surface area (Å²) in [5, 5.41) is 0. The third kappa shape index (κ3) is 1.61. The van der Waals surface area contributed by atoms with Gasteiger partial charge in [0, 0.05) is 15.3 Å². The third-order valence-corrected chi connectivity index (χ3v) is 3.63. The van der Waals surface area contributed by atoms with Crippen LogP contribution in [0.3, 0.4) is 0 Å². The molecule has 74 valence electrons. The molecule has 0 aliphatic heterocycles. The number of aryl methyl sites for hydroxylation is 2. The van der Waals surface area contributed by atoms with Crippen molar-refractivity contribution >= 4 is 11.3 Å². The Hall–Kier alpha value is -1.06. The van der Waals surface area contributed by atoms with Gasteiger partial charge in [-0.3, -0.25) is 0 Å². The first-order valence-electron chi connectivity index (χ1n) is 4.53. The monoisotopic (exact) mass is 207 g/mol. The SMILES string of the molecule is Cc1cc(C(N)c2ccoc2)sc1C. The molecule has 0 saturated carbocycles. The molecule has 14 heavy (non-hydrogen) atoms. The molecule has 2 N–H and O–H groups in total. The van der Waals surface area contributed by atoms with E-state index in [1.807, 2.05) is 6.07 Å². The van der Waals surface area contributed by atoms with Crippen LogP contribution in [0.1, 0.15) is 26.9 Å². The van der Waals surface area contributed by atoms with Gasteiger partial charge in [0.25, 0.3) is 0 Å². The van der Waals surface area contributed by atoms with Crippen LogP contribution in [0.15, 0.2) is 29.1 Å². The van der Waals surface area contributed by atoms with Gasteiger partial charge < -0.3 is 10.2 Å². The molecule has 1 atom stereocenters. The lowest BCUT2D eigenvalue weighted by Gasteiger charge is -2.05. The topological polar surface area (TPSA) is 39.2 Å². The highest BCUT2D eigenvalue weighted by Crippen LogP contribution is 2.29. The van der Waals surface area contributed by atoms with E-state index < -0.39 is 0 Å². The lowest BCUT2D eigenvalue weighted by molar-refractivity contribution is 0.562. The molecule has 3 heteroatoms. The fourth-order valence-corrected chi connectivity index (χ4v) is 2.44. The van der Waals surface area contributed by atoms with E-state index in [2.05, 4.69) is 19.9 Å². The second kappa shape index (κ2) is 3.59. The van der Waals surface area contributed by atoms with E-state index in [-0.39, 0.29) is 6.04 Å². The van der Waals surface area contributed by atoms with Gasteiger partial charge in [-0.1, -0.05) is 0 Å². The zero-order valence-electron chi connectivity index (χ0n) is 8.28. The highest BCUT2D eigenvalue weighted by atomic mass is 32.1. The molecule has 2 aromatic heterocycles. The Morgan fingerprint density at radius 1 is 1.43 bits per heavy atom. The van der Waals surface area contributed by atoms with Crippen molar-refractivity contribution in [1.82, 2.24) is 0 Å². The van der Waals surface area contributed by atoms with Gasteiger partial charge in [0.05, 0.1) is 18.6 Å². The van der Waals surface area contributed by atoms with E-state index in [1.165, 1.54) is 15.3 Å². The highest BCUT2D eigenvalue weighted by Gasteiger charge is 2.13. The summed E-state index contributed by atoms with van der Waals surface area (Å²) in [6, 6.07) is 4.01. The predicted octanol–water partition coefficient (Wildman–Crippen LogP) is 3.01. The number of rotatable bonds is 2. The number of hydrogen-bond acceptors (Lipinski definition) is 3. The molecule has 0 radical (unpaired) electrons. The van der Waals surface area contributed by atoms with Crippen LogP contribution in [-0.2, 0) is 0 Å².